The van der Waals surface area contributed by atoms with Gasteiger partial charge in [-0.2, -0.15) is 0 Å². The molecule has 0 spiro atoms. The standard InChI is InChI=1S/C21H30N2O5/c1-5-15(4)28-19(24)12-18-20(25)22-10-11-23(18)21(26)16-6-8-17(9-7-16)27-13-14(2)3/h6-9,14-15,18H,5,10-13H2,1-4H3,(H,22,25). The van der Waals surface area contributed by atoms with Crippen LogP contribution in [0.3, 0.4) is 0 Å². The molecule has 0 aromatic heterocycles. The van der Waals surface area contributed by atoms with Crippen molar-refractivity contribution in [3.8, 4) is 5.75 Å². The molecule has 1 aliphatic rings. The molecule has 1 heterocycles. The van der Waals surface area contributed by atoms with E-state index in [-0.39, 0.29) is 24.3 Å². The lowest BCUT2D eigenvalue weighted by molar-refractivity contribution is -0.151. The van der Waals surface area contributed by atoms with E-state index in [4.69, 9.17) is 9.47 Å². The van der Waals surface area contributed by atoms with Crippen LogP contribution in [0.5, 0.6) is 5.75 Å². The monoisotopic (exact) mass is 390 g/mol. The maximum Gasteiger partial charge on any atom is 0.308 e. The summed E-state index contributed by atoms with van der Waals surface area (Å²) in [5.41, 5.74) is 0.451. The highest BCUT2D eigenvalue weighted by Gasteiger charge is 2.35. The van der Waals surface area contributed by atoms with E-state index < -0.39 is 12.0 Å². The fraction of sp³-hybridized carbons (Fsp3) is 0.571. The Balaban J connectivity index is 2.08. The number of hydrogen-bond donors (Lipinski definition) is 1. The Hall–Kier alpha value is -2.57. The first-order valence-electron chi connectivity index (χ1n) is 9.82. The zero-order valence-corrected chi connectivity index (χ0v) is 17.1. The second-order valence-electron chi connectivity index (χ2n) is 7.45. The number of benzene rings is 1. The minimum Gasteiger partial charge on any atom is -0.493 e. The minimum absolute atomic E-state index is 0.155. The maximum absolute atomic E-state index is 12.9. The highest BCUT2D eigenvalue weighted by molar-refractivity contribution is 5.99. The van der Waals surface area contributed by atoms with Gasteiger partial charge >= 0.3 is 5.97 Å². The van der Waals surface area contributed by atoms with Crippen molar-refractivity contribution in [1.82, 2.24) is 10.2 Å². The highest BCUT2D eigenvalue weighted by Crippen LogP contribution is 2.18. The normalized spacial score (nSPS) is 17.8. The minimum atomic E-state index is -0.866. The third-order valence-corrected chi connectivity index (χ3v) is 4.54. The molecule has 28 heavy (non-hydrogen) atoms. The summed E-state index contributed by atoms with van der Waals surface area (Å²) >= 11 is 0. The summed E-state index contributed by atoms with van der Waals surface area (Å²) < 4.78 is 10.9. The van der Waals surface area contributed by atoms with Crippen molar-refractivity contribution in [2.45, 2.75) is 52.7 Å². The van der Waals surface area contributed by atoms with Gasteiger partial charge < -0.3 is 19.7 Å². The zero-order chi connectivity index (χ0) is 20.7. The van der Waals surface area contributed by atoms with Gasteiger partial charge in [0.15, 0.2) is 0 Å². The third kappa shape index (κ3) is 5.97. The highest BCUT2D eigenvalue weighted by atomic mass is 16.5. The molecule has 1 N–H and O–H groups in total. The Labute approximate surface area is 166 Å². The summed E-state index contributed by atoms with van der Waals surface area (Å²) in [6.45, 7) is 9.13. The fourth-order valence-corrected chi connectivity index (χ4v) is 2.80. The van der Waals surface area contributed by atoms with Crippen LogP contribution in [0.1, 0.15) is 50.9 Å². The van der Waals surface area contributed by atoms with Crippen LogP contribution in [0.25, 0.3) is 0 Å². The molecule has 0 bridgehead atoms. The summed E-state index contributed by atoms with van der Waals surface area (Å²) in [4.78, 5) is 38.8. The van der Waals surface area contributed by atoms with Crippen LogP contribution in [0.2, 0.25) is 0 Å². The van der Waals surface area contributed by atoms with Crippen LogP contribution in [-0.2, 0) is 14.3 Å². The lowest BCUT2D eigenvalue weighted by Crippen LogP contribution is -2.57. The quantitative estimate of drug-likeness (QED) is 0.689. The molecule has 7 nitrogen and oxygen atoms in total. The van der Waals surface area contributed by atoms with Crippen molar-refractivity contribution in [2.24, 2.45) is 5.92 Å². The first-order valence-corrected chi connectivity index (χ1v) is 9.82. The van der Waals surface area contributed by atoms with Crippen LogP contribution in [-0.4, -0.2) is 54.5 Å². The Morgan fingerprint density at radius 2 is 1.89 bits per heavy atom. The van der Waals surface area contributed by atoms with E-state index in [9.17, 15) is 14.4 Å². The molecule has 1 saturated heterocycles. The van der Waals surface area contributed by atoms with Crippen LogP contribution < -0.4 is 10.1 Å². The SMILES string of the molecule is CCC(C)OC(=O)CC1C(=O)NCCN1C(=O)c1ccc(OCC(C)C)cc1. The first kappa shape index (κ1) is 21.7. The summed E-state index contributed by atoms with van der Waals surface area (Å²) in [5, 5.41) is 2.72. The lowest BCUT2D eigenvalue weighted by Gasteiger charge is -2.34. The molecule has 1 aromatic carbocycles. The number of rotatable bonds is 8. The average molecular weight is 390 g/mol. The summed E-state index contributed by atoms with van der Waals surface area (Å²) in [5.74, 6) is -0.00440. The third-order valence-electron chi connectivity index (χ3n) is 4.54. The predicted molar refractivity (Wildman–Crippen MR) is 105 cm³/mol. The van der Waals surface area contributed by atoms with Gasteiger partial charge in [0.25, 0.3) is 5.91 Å². The number of hydrogen-bond acceptors (Lipinski definition) is 5. The predicted octanol–water partition coefficient (Wildman–Crippen LogP) is 2.39. The summed E-state index contributed by atoms with van der Waals surface area (Å²) in [6.07, 6.45) is 0.315. The fourth-order valence-electron chi connectivity index (χ4n) is 2.80. The number of amides is 2. The van der Waals surface area contributed by atoms with Gasteiger partial charge in [0, 0.05) is 18.7 Å². The molecule has 0 saturated carbocycles. The molecular formula is C21H30N2O5. The van der Waals surface area contributed by atoms with E-state index >= 15 is 0 Å². The zero-order valence-electron chi connectivity index (χ0n) is 17.1. The number of esters is 1. The summed E-state index contributed by atoms with van der Waals surface area (Å²) in [7, 11) is 0. The van der Waals surface area contributed by atoms with Crippen molar-refractivity contribution in [1.29, 1.82) is 0 Å². The molecule has 2 atom stereocenters. The van der Waals surface area contributed by atoms with Gasteiger partial charge in [0.1, 0.15) is 11.8 Å². The van der Waals surface area contributed by atoms with Crippen molar-refractivity contribution in [2.75, 3.05) is 19.7 Å². The average Bonchev–Trinajstić information content (AvgIpc) is 2.67. The first-order chi connectivity index (χ1) is 13.3. The molecule has 2 rings (SSSR count). The van der Waals surface area contributed by atoms with E-state index in [1.165, 1.54) is 4.90 Å². The molecule has 0 aliphatic carbocycles. The molecule has 2 unspecified atom stereocenters. The van der Waals surface area contributed by atoms with Gasteiger partial charge in [0.05, 0.1) is 19.1 Å². The molecule has 154 valence electrons. The topological polar surface area (TPSA) is 84.9 Å². The number of carbonyl (C=O) groups is 3. The largest absolute Gasteiger partial charge is 0.493 e. The van der Waals surface area contributed by atoms with E-state index in [0.29, 0.717) is 43.3 Å². The second-order valence-corrected chi connectivity index (χ2v) is 7.45. The van der Waals surface area contributed by atoms with Crippen molar-refractivity contribution >= 4 is 17.8 Å². The van der Waals surface area contributed by atoms with E-state index in [1.54, 1.807) is 31.2 Å². The van der Waals surface area contributed by atoms with Crippen molar-refractivity contribution < 1.29 is 23.9 Å². The Morgan fingerprint density at radius 1 is 1.21 bits per heavy atom. The van der Waals surface area contributed by atoms with Gasteiger partial charge in [-0.3, -0.25) is 14.4 Å². The van der Waals surface area contributed by atoms with Crippen molar-refractivity contribution in [3.05, 3.63) is 29.8 Å². The molecule has 2 amide bonds. The Kier molecular flexibility index (Phi) is 7.84. The van der Waals surface area contributed by atoms with Crippen LogP contribution in [0, 0.1) is 5.92 Å². The molecule has 7 heteroatoms. The summed E-state index contributed by atoms with van der Waals surface area (Å²) in [6, 6.07) is 5.98. The molecule has 1 aliphatic heterocycles. The lowest BCUT2D eigenvalue weighted by atomic mass is 10.1. The number of nitrogens with one attached hydrogen (secondary N) is 1. The van der Waals surface area contributed by atoms with Gasteiger partial charge in [-0.15, -0.1) is 0 Å². The van der Waals surface area contributed by atoms with Crippen LogP contribution in [0.4, 0.5) is 0 Å². The van der Waals surface area contributed by atoms with Crippen molar-refractivity contribution in [3.63, 3.8) is 0 Å². The second kappa shape index (κ2) is 10.1. The Morgan fingerprint density at radius 3 is 2.50 bits per heavy atom. The van der Waals surface area contributed by atoms with E-state index in [2.05, 4.69) is 19.2 Å². The van der Waals surface area contributed by atoms with E-state index in [1.807, 2.05) is 6.92 Å². The number of ether oxygens (including phenoxy) is 2. The molecular weight excluding hydrogens is 360 g/mol. The number of piperazine rings is 1. The number of carbonyl (C=O) groups excluding carboxylic acids is 3. The van der Waals surface area contributed by atoms with Crippen LogP contribution in [0.15, 0.2) is 24.3 Å². The Bertz CT molecular complexity index is 687. The van der Waals surface area contributed by atoms with Gasteiger partial charge in [-0.25, -0.2) is 0 Å². The molecule has 1 fully saturated rings. The van der Waals surface area contributed by atoms with E-state index in [0.717, 1.165) is 0 Å². The number of nitrogens with zero attached hydrogens (tertiary/aromatic N) is 1. The van der Waals surface area contributed by atoms with Gasteiger partial charge in [-0.05, 0) is 43.5 Å². The molecule has 1 aromatic rings. The maximum atomic E-state index is 12.9. The van der Waals surface area contributed by atoms with Gasteiger partial charge in [-0.1, -0.05) is 20.8 Å². The van der Waals surface area contributed by atoms with Gasteiger partial charge in [0.2, 0.25) is 5.91 Å². The smallest absolute Gasteiger partial charge is 0.308 e. The van der Waals surface area contributed by atoms with Crippen LogP contribution >= 0.6 is 0 Å². The molecule has 0 radical (unpaired) electrons.